The molecule has 2 aliphatic heterocycles. The molecule has 0 spiro atoms. The smallest absolute Gasteiger partial charge is 0.228 e. The molecular weight excluding hydrogens is 188 g/mol. The lowest BCUT2D eigenvalue weighted by Gasteiger charge is -2.36. The van der Waals surface area contributed by atoms with E-state index in [0.717, 1.165) is 25.2 Å². The van der Waals surface area contributed by atoms with Gasteiger partial charge in [0.05, 0.1) is 0 Å². The van der Waals surface area contributed by atoms with Crippen molar-refractivity contribution in [2.45, 2.75) is 12.3 Å². The first kappa shape index (κ1) is 8.92. The Hall–Kier alpha value is -1.35. The summed E-state index contributed by atoms with van der Waals surface area (Å²) < 4.78 is 0. The van der Waals surface area contributed by atoms with E-state index in [4.69, 9.17) is 0 Å². The Morgan fingerprint density at radius 2 is 2.07 bits per heavy atom. The normalized spacial score (nSPS) is 28.9. The van der Waals surface area contributed by atoms with Gasteiger partial charge in [0, 0.05) is 24.1 Å². The zero-order chi connectivity index (χ0) is 10.3. The number of benzene rings is 1. The highest BCUT2D eigenvalue weighted by atomic mass is 16.2. The number of carbonyl (C=O) groups is 1. The molecule has 78 valence electrons. The Kier molecular flexibility index (Phi) is 1.99. The van der Waals surface area contributed by atoms with E-state index >= 15 is 0 Å². The van der Waals surface area contributed by atoms with Crippen LogP contribution in [0.3, 0.4) is 0 Å². The molecule has 15 heavy (non-hydrogen) atoms. The van der Waals surface area contributed by atoms with Gasteiger partial charge in [-0.05, 0) is 24.6 Å². The van der Waals surface area contributed by atoms with E-state index in [1.807, 2.05) is 18.2 Å². The number of nitrogens with one attached hydrogen (secondary N) is 2. The summed E-state index contributed by atoms with van der Waals surface area (Å²) in [6.45, 7) is 1.88. The van der Waals surface area contributed by atoms with E-state index in [0.29, 0.717) is 5.92 Å². The van der Waals surface area contributed by atoms with Gasteiger partial charge in [-0.15, -0.1) is 0 Å². The predicted octanol–water partition coefficient (Wildman–Crippen LogP) is 1.33. The van der Waals surface area contributed by atoms with Crippen LogP contribution in [0.2, 0.25) is 0 Å². The third-order valence-corrected chi connectivity index (χ3v) is 3.44. The molecule has 2 atom stereocenters. The molecule has 0 aromatic heterocycles. The Morgan fingerprint density at radius 1 is 1.20 bits per heavy atom. The molecule has 0 unspecified atom stereocenters. The largest absolute Gasteiger partial charge is 0.326 e. The van der Waals surface area contributed by atoms with Crippen LogP contribution in [0.25, 0.3) is 0 Å². The monoisotopic (exact) mass is 202 g/mol. The van der Waals surface area contributed by atoms with E-state index in [1.165, 1.54) is 5.56 Å². The highest BCUT2D eigenvalue weighted by Crippen LogP contribution is 2.38. The van der Waals surface area contributed by atoms with Crippen LogP contribution in [0, 0.1) is 5.92 Å². The topological polar surface area (TPSA) is 41.1 Å². The van der Waals surface area contributed by atoms with Crippen molar-refractivity contribution in [3.63, 3.8) is 0 Å². The van der Waals surface area contributed by atoms with Gasteiger partial charge in [0.2, 0.25) is 5.91 Å². The van der Waals surface area contributed by atoms with E-state index in [9.17, 15) is 4.79 Å². The molecule has 0 bridgehead atoms. The van der Waals surface area contributed by atoms with Crippen molar-refractivity contribution in [3.05, 3.63) is 29.8 Å². The Bertz CT molecular complexity index is 402. The molecule has 0 aliphatic carbocycles. The van der Waals surface area contributed by atoms with Gasteiger partial charge in [-0.25, -0.2) is 0 Å². The lowest BCUT2D eigenvalue weighted by atomic mass is 9.78. The zero-order valence-electron chi connectivity index (χ0n) is 8.49. The molecule has 3 rings (SSSR count). The second kappa shape index (κ2) is 3.35. The minimum atomic E-state index is 0.168. The van der Waals surface area contributed by atoms with Crippen LogP contribution in [0.5, 0.6) is 0 Å². The number of para-hydroxylation sites is 1. The lowest BCUT2D eigenvalue weighted by molar-refractivity contribution is -0.121. The average Bonchev–Trinajstić information content (AvgIpc) is 2.30. The summed E-state index contributed by atoms with van der Waals surface area (Å²) in [5.74, 6) is 0.727. The third kappa shape index (κ3) is 1.35. The predicted molar refractivity (Wildman–Crippen MR) is 58.8 cm³/mol. The molecule has 1 aromatic carbocycles. The molecule has 2 heterocycles. The van der Waals surface area contributed by atoms with E-state index in [2.05, 4.69) is 16.7 Å². The average molecular weight is 202 g/mol. The number of hydrogen-bond acceptors (Lipinski definition) is 2. The minimum absolute atomic E-state index is 0.168. The molecule has 3 heteroatoms. The summed E-state index contributed by atoms with van der Waals surface area (Å²) in [6, 6.07) is 8.12. The number of carbonyl (C=O) groups excluding carboxylic acids is 1. The van der Waals surface area contributed by atoms with Crippen LogP contribution in [-0.4, -0.2) is 19.0 Å². The van der Waals surface area contributed by atoms with Crippen molar-refractivity contribution < 1.29 is 4.79 Å². The Morgan fingerprint density at radius 3 is 3.00 bits per heavy atom. The summed E-state index contributed by atoms with van der Waals surface area (Å²) >= 11 is 0. The van der Waals surface area contributed by atoms with Crippen molar-refractivity contribution in [2.75, 3.05) is 18.4 Å². The van der Waals surface area contributed by atoms with Crippen LogP contribution in [-0.2, 0) is 4.79 Å². The summed E-state index contributed by atoms with van der Waals surface area (Å²) in [5.41, 5.74) is 2.28. The zero-order valence-corrected chi connectivity index (χ0v) is 8.49. The fourth-order valence-corrected chi connectivity index (χ4v) is 2.66. The first-order valence-electron chi connectivity index (χ1n) is 5.47. The first-order valence-corrected chi connectivity index (χ1v) is 5.47. The Balaban J connectivity index is 2.06. The van der Waals surface area contributed by atoms with E-state index < -0.39 is 0 Å². The maximum Gasteiger partial charge on any atom is 0.228 e. The summed E-state index contributed by atoms with van der Waals surface area (Å²) in [5, 5.41) is 6.36. The van der Waals surface area contributed by atoms with Gasteiger partial charge in [0.1, 0.15) is 0 Å². The second-order valence-corrected chi connectivity index (χ2v) is 4.28. The van der Waals surface area contributed by atoms with Gasteiger partial charge in [0.25, 0.3) is 0 Å². The first-order chi connectivity index (χ1) is 7.36. The Labute approximate surface area is 88.9 Å². The van der Waals surface area contributed by atoms with Gasteiger partial charge in [-0.1, -0.05) is 18.2 Å². The molecule has 2 aliphatic rings. The van der Waals surface area contributed by atoms with Crippen molar-refractivity contribution in [2.24, 2.45) is 5.92 Å². The number of hydrogen-bond donors (Lipinski definition) is 2. The van der Waals surface area contributed by atoms with Crippen molar-refractivity contribution in [1.82, 2.24) is 5.32 Å². The molecule has 1 aromatic rings. The highest BCUT2D eigenvalue weighted by molar-refractivity contribution is 5.96. The maximum absolute atomic E-state index is 11.9. The van der Waals surface area contributed by atoms with Crippen LogP contribution in [0.4, 0.5) is 5.69 Å². The molecular formula is C12H14N2O. The highest BCUT2D eigenvalue weighted by Gasteiger charge is 2.36. The molecule has 1 saturated heterocycles. The molecule has 3 nitrogen and oxygen atoms in total. The number of amides is 1. The van der Waals surface area contributed by atoms with Crippen LogP contribution in [0.1, 0.15) is 17.9 Å². The molecule has 1 fully saturated rings. The van der Waals surface area contributed by atoms with Crippen LogP contribution in [0.15, 0.2) is 24.3 Å². The molecule has 2 N–H and O–H groups in total. The maximum atomic E-state index is 11.9. The van der Waals surface area contributed by atoms with Crippen LogP contribution < -0.4 is 10.6 Å². The van der Waals surface area contributed by atoms with Crippen molar-refractivity contribution in [3.8, 4) is 0 Å². The molecule has 1 amide bonds. The van der Waals surface area contributed by atoms with Gasteiger partial charge < -0.3 is 10.6 Å². The second-order valence-electron chi connectivity index (χ2n) is 4.28. The standard InChI is InChI=1S/C12H14N2O/c15-12-9-5-6-13-7-10(9)8-3-1-2-4-11(8)14-12/h1-4,9-10,13H,5-7H2,(H,14,15)/t9-,10-/m0/s1. The summed E-state index contributed by atoms with van der Waals surface area (Å²) in [4.78, 5) is 11.9. The number of piperidine rings is 1. The van der Waals surface area contributed by atoms with Crippen molar-refractivity contribution in [1.29, 1.82) is 0 Å². The quantitative estimate of drug-likeness (QED) is 0.666. The third-order valence-electron chi connectivity index (χ3n) is 3.44. The molecule has 0 saturated carbocycles. The fraction of sp³-hybridized carbons (Fsp3) is 0.417. The summed E-state index contributed by atoms with van der Waals surface area (Å²) in [6.07, 6.45) is 0.949. The fourth-order valence-electron chi connectivity index (χ4n) is 2.66. The number of anilines is 1. The van der Waals surface area contributed by atoms with Gasteiger partial charge >= 0.3 is 0 Å². The lowest BCUT2D eigenvalue weighted by Crippen LogP contribution is -2.43. The van der Waals surface area contributed by atoms with E-state index in [-0.39, 0.29) is 11.8 Å². The van der Waals surface area contributed by atoms with Gasteiger partial charge in [-0.3, -0.25) is 4.79 Å². The van der Waals surface area contributed by atoms with Gasteiger partial charge in [-0.2, -0.15) is 0 Å². The van der Waals surface area contributed by atoms with Crippen LogP contribution >= 0.6 is 0 Å². The van der Waals surface area contributed by atoms with Gasteiger partial charge in [0.15, 0.2) is 0 Å². The number of rotatable bonds is 0. The molecule has 0 radical (unpaired) electrons. The summed E-state index contributed by atoms with van der Waals surface area (Å²) in [7, 11) is 0. The van der Waals surface area contributed by atoms with E-state index in [1.54, 1.807) is 0 Å². The number of fused-ring (bicyclic) bond motifs is 3. The SMILES string of the molecule is O=C1Nc2ccccc2[C@@H]2CNCC[C@H]12. The minimum Gasteiger partial charge on any atom is -0.326 e. The van der Waals surface area contributed by atoms with Crippen molar-refractivity contribution >= 4 is 11.6 Å².